The van der Waals surface area contributed by atoms with Gasteiger partial charge in [0, 0.05) is 0 Å². The Hall–Kier alpha value is -2.62. The van der Waals surface area contributed by atoms with Gasteiger partial charge in [-0.1, -0.05) is 42.5 Å². The normalized spacial score (nSPS) is 12.2. The first-order valence-corrected chi connectivity index (χ1v) is 6.35. The van der Waals surface area contributed by atoms with E-state index in [-0.39, 0.29) is 11.9 Å². The number of anilines is 1. The van der Waals surface area contributed by atoms with Crippen LogP contribution in [0.5, 0.6) is 0 Å². The molecule has 0 aliphatic carbocycles. The molecule has 0 radical (unpaired) electrons. The summed E-state index contributed by atoms with van der Waals surface area (Å²) in [5, 5.41) is 4.29. The zero-order valence-corrected chi connectivity index (χ0v) is 10.8. The summed E-state index contributed by atoms with van der Waals surface area (Å²) >= 11 is 0. The van der Waals surface area contributed by atoms with Crippen LogP contribution in [0.3, 0.4) is 0 Å². The van der Waals surface area contributed by atoms with E-state index in [4.69, 9.17) is 5.73 Å². The fraction of sp³-hybridized carbons (Fsp3) is 0.0625. The quantitative estimate of drug-likeness (QED) is 0.791. The zero-order chi connectivity index (χ0) is 13.9. The fourth-order valence-electron chi connectivity index (χ4n) is 2.30. The Morgan fingerprint density at radius 3 is 2.15 bits per heavy atom. The van der Waals surface area contributed by atoms with Crippen molar-refractivity contribution in [2.75, 3.05) is 5.73 Å². The van der Waals surface area contributed by atoms with Gasteiger partial charge in [0.15, 0.2) is 0 Å². The standard InChI is InChI=1S/C16H14FN3/c17-14-8-6-13(7-9-14)16(12-4-2-1-3-5-12)20-15(18)10-11-19-20/h1-11,16H,18H2. The second kappa shape index (κ2) is 5.17. The molecule has 0 saturated heterocycles. The van der Waals surface area contributed by atoms with Crippen molar-refractivity contribution in [1.29, 1.82) is 0 Å². The van der Waals surface area contributed by atoms with Crippen LogP contribution < -0.4 is 5.73 Å². The van der Waals surface area contributed by atoms with Crippen LogP contribution in [0.1, 0.15) is 17.2 Å². The number of hydrogen-bond acceptors (Lipinski definition) is 2. The number of hydrogen-bond donors (Lipinski definition) is 1. The van der Waals surface area contributed by atoms with Crippen LogP contribution in [0.2, 0.25) is 0 Å². The van der Waals surface area contributed by atoms with Crippen molar-refractivity contribution in [3.05, 3.63) is 83.8 Å². The van der Waals surface area contributed by atoms with E-state index in [0.29, 0.717) is 5.82 Å². The van der Waals surface area contributed by atoms with Crippen molar-refractivity contribution in [3.8, 4) is 0 Å². The van der Waals surface area contributed by atoms with Crippen molar-refractivity contribution in [1.82, 2.24) is 9.78 Å². The van der Waals surface area contributed by atoms with Gasteiger partial charge in [-0.25, -0.2) is 9.07 Å². The summed E-state index contributed by atoms with van der Waals surface area (Å²) in [6.45, 7) is 0. The predicted octanol–water partition coefficient (Wildman–Crippen LogP) is 3.24. The Morgan fingerprint density at radius 2 is 1.55 bits per heavy atom. The first kappa shape index (κ1) is 12.4. The molecule has 0 amide bonds. The van der Waals surface area contributed by atoms with Crippen LogP contribution in [0.25, 0.3) is 0 Å². The number of aromatic nitrogens is 2. The van der Waals surface area contributed by atoms with Gasteiger partial charge in [-0.05, 0) is 29.3 Å². The highest BCUT2D eigenvalue weighted by Crippen LogP contribution is 2.28. The predicted molar refractivity (Wildman–Crippen MR) is 76.7 cm³/mol. The highest BCUT2D eigenvalue weighted by atomic mass is 19.1. The van der Waals surface area contributed by atoms with E-state index in [2.05, 4.69) is 5.10 Å². The molecule has 3 rings (SSSR count). The third-order valence-electron chi connectivity index (χ3n) is 3.25. The molecule has 0 spiro atoms. The molecule has 0 aliphatic heterocycles. The van der Waals surface area contributed by atoms with Crippen LogP contribution in [0.15, 0.2) is 66.9 Å². The lowest BCUT2D eigenvalue weighted by atomic mass is 9.99. The van der Waals surface area contributed by atoms with Gasteiger partial charge in [-0.15, -0.1) is 0 Å². The lowest BCUT2D eigenvalue weighted by molar-refractivity contribution is 0.597. The second-order valence-electron chi connectivity index (χ2n) is 4.57. The van der Waals surface area contributed by atoms with Gasteiger partial charge in [0.25, 0.3) is 0 Å². The largest absolute Gasteiger partial charge is 0.384 e. The number of nitrogens with zero attached hydrogens (tertiary/aromatic N) is 2. The van der Waals surface area contributed by atoms with Gasteiger partial charge >= 0.3 is 0 Å². The molecule has 1 aromatic heterocycles. The number of halogens is 1. The first-order valence-electron chi connectivity index (χ1n) is 6.35. The minimum absolute atomic E-state index is 0.160. The molecule has 4 heteroatoms. The summed E-state index contributed by atoms with van der Waals surface area (Å²) in [6.07, 6.45) is 1.66. The Balaban J connectivity index is 2.14. The molecule has 1 unspecified atom stereocenters. The molecule has 3 nitrogen and oxygen atoms in total. The fourth-order valence-corrected chi connectivity index (χ4v) is 2.30. The maximum Gasteiger partial charge on any atom is 0.123 e. The summed E-state index contributed by atoms with van der Waals surface area (Å²) in [5.41, 5.74) is 7.96. The van der Waals surface area contributed by atoms with Crippen molar-refractivity contribution in [3.63, 3.8) is 0 Å². The molecule has 2 aromatic carbocycles. The number of nitrogens with two attached hydrogens (primary N) is 1. The number of nitrogen functional groups attached to an aromatic ring is 1. The van der Waals surface area contributed by atoms with Gasteiger partial charge in [0.2, 0.25) is 0 Å². The molecule has 0 saturated carbocycles. The summed E-state index contributed by atoms with van der Waals surface area (Å²) in [4.78, 5) is 0. The SMILES string of the molecule is Nc1ccnn1C(c1ccccc1)c1ccc(F)cc1. The Bertz CT molecular complexity index is 689. The monoisotopic (exact) mass is 267 g/mol. The topological polar surface area (TPSA) is 43.8 Å². The number of benzene rings is 2. The molecule has 20 heavy (non-hydrogen) atoms. The van der Waals surface area contributed by atoms with Crippen molar-refractivity contribution in [2.45, 2.75) is 6.04 Å². The van der Waals surface area contributed by atoms with E-state index < -0.39 is 0 Å². The Labute approximate surface area is 116 Å². The Kier molecular flexibility index (Phi) is 3.21. The van der Waals surface area contributed by atoms with Gasteiger partial charge in [-0.2, -0.15) is 5.10 Å². The highest BCUT2D eigenvalue weighted by Gasteiger charge is 2.18. The molecule has 1 atom stereocenters. The summed E-state index contributed by atoms with van der Waals surface area (Å²) in [7, 11) is 0. The maximum atomic E-state index is 13.1. The van der Waals surface area contributed by atoms with Crippen LogP contribution in [0, 0.1) is 5.82 Å². The average Bonchev–Trinajstić information content (AvgIpc) is 2.89. The van der Waals surface area contributed by atoms with Gasteiger partial charge in [-0.3, -0.25) is 0 Å². The van der Waals surface area contributed by atoms with Crippen LogP contribution in [-0.4, -0.2) is 9.78 Å². The molecule has 0 aliphatic rings. The molecule has 2 N–H and O–H groups in total. The average molecular weight is 267 g/mol. The molecular formula is C16H14FN3. The molecule has 3 aromatic rings. The van der Waals surface area contributed by atoms with E-state index in [1.54, 1.807) is 29.1 Å². The first-order chi connectivity index (χ1) is 9.75. The molecule has 100 valence electrons. The summed E-state index contributed by atoms with van der Waals surface area (Å²) in [5.74, 6) is 0.317. The third kappa shape index (κ3) is 2.28. The minimum Gasteiger partial charge on any atom is -0.384 e. The van der Waals surface area contributed by atoms with Crippen LogP contribution in [-0.2, 0) is 0 Å². The van der Waals surface area contributed by atoms with E-state index in [1.165, 1.54) is 12.1 Å². The second-order valence-corrected chi connectivity index (χ2v) is 4.57. The van der Waals surface area contributed by atoms with Crippen LogP contribution in [0.4, 0.5) is 10.2 Å². The number of rotatable bonds is 3. The van der Waals surface area contributed by atoms with Crippen molar-refractivity contribution >= 4 is 5.82 Å². The van der Waals surface area contributed by atoms with E-state index >= 15 is 0 Å². The summed E-state index contributed by atoms with van der Waals surface area (Å²) in [6, 6.07) is 17.9. The lowest BCUT2D eigenvalue weighted by Gasteiger charge is -2.20. The molecule has 0 fully saturated rings. The van der Waals surface area contributed by atoms with Crippen molar-refractivity contribution < 1.29 is 4.39 Å². The zero-order valence-electron chi connectivity index (χ0n) is 10.8. The highest BCUT2D eigenvalue weighted by molar-refractivity contribution is 5.37. The maximum absolute atomic E-state index is 13.1. The van der Waals surface area contributed by atoms with Gasteiger partial charge in [0.1, 0.15) is 17.7 Å². The third-order valence-corrected chi connectivity index (χ3v) is 3.25. The van der Waals surface area contributed by atoms with Crippen molar-refractivity contribution in [2.24, 2.45) is 0 Å². The Morgan fingerprint density at radius 1 is 0.900 bits per heavy atom. The van der Waals surface area contributed by atoms with Crippen LogP contribution >= 0.6 is 0 Å². The molecular weight excluding hydrogens is 253 g/mol. The van der Waals surface area contributed by atoms with Gasteiger partial charge < -0.3 is 5.73 Å². The summed E-state index contributed by atoms with van der Waals surface area (Å²) < 4.78 is 14.9. The lowest BCUT2D eigenvalue weighted by Crippen LogP contribution is -2.15. The molecule has 0 bridgehead atoms. The molecule has 1 heterocycles. The van der Waals surface area contributed by atoms with E-state index in [9.17, 15) is 4.39 Å². The smallest absolute Gasteiger partial charge is 0.123 e. The van der Waals surface area contributed by atoms with Gasteiger partial charge in [0.05, 0.1) is 6.20 Å². The van der Waals surface area contributed by atoms with E-state index in [1.807, 2.05) is 30.3 Å². The minimum atomic E-state index is -0.256. The van der Waals surface area contributed by atoms with E-state index in [0.717, 1.165) is 11.1 Å².